The average molecular weight is 1460 g/mol. The fraction of sp³-hybridized carbons (Fsp3) is 0. The largest absolute Gasteiger partial charge is 0.311 e. The van der Waals surface area contributed by atoms with Crippen molar-refractivity contribution in [2.24, 2.45) is 0 Å². The van der Waals surface area contributed by atoms with Crippen molar-refractivity contribution in [3.8, 4) is 22.3 Å². The maximum absolute atomic E-state index is 2.72. The first-order valence-corrected chi connectivity index (χ1v) is 40.1. The van der Waals surface area contributed by atoms with Gasteiger partial charge in [0.25, 0.3) is 13.4 Å². The Labute approximate surface area is 658 Å². The minimum atomic E-state index is -0.285. The second kappa shape index (κ2) is 25.9. The zero-order chi connectivity index (χ0) is 73.5. The second-order valence-electron chi connectivity index (χ2n) is 29.4. The summed E-state index contributed by atoms with van der Waals surface area (Å²) in [6.45, 7) is -0.541. The van der Waals surface area contributed by atoms with Gasteiger partial charge in [-0.1, -0.05) is 267 Å². The number of hydrogen-bond donors (Lipinski definition) is 0. The molecule has 4 aliphatic heterocycles. The van der Waals surface area contributed by atoms with E-state index in [0.717, 1.165) is 125 Å². The molecule has 522 valence electrons. The quantitative estimate of drug-likeness (QED) is 0.113. The standard InChI is InChI=1S/C102H66B2N6S2/c1-8-33-67(34-9-1)76-49-30-50-77(68-35-10-2-11-36-68)101(76)110-90-66-89-83(65-84(90)104-81-52-24-26-54-85(81)108(87-56-32-60-97-98(87)80-48-23-29-59-96(80)111-97)92-62-75(64-94(110)100(92)104)106(71-41-16-5-17-42-71)72-43-18-6-19-44-72)103-82-53-25-27-55-86(82)109(88-57-31-51-79-78-47-22-28-58-95(78)112-102(79)88)93-63-74(61-91(99(93)103)107(89)73-45-20-7-21-46-73)105(69-37-12-3-13-38-69)70-39-14-4-15-40-70/h1-66H. The molecule has 17 aromatic carbocycles. The van der Waals surface area contributed by atoms with Gasteiger partial charge in [-0.2, -0.15) is 0 Å². The summed E-state index contributed by atoms with van der Waals surface area (Å²) in [7, 11) is 0. The number of rotatable bonds is 12. The van der Waals surface area contributed by atoms with Crippen LogP contribution in [0.1, 0.15) is 0 Å². The highest BCUT2D eigenvalue weighted by Crippen LogP contribution is 2.57. The van der Waals surface area contributed by atoms with Crippen LogP contribution in [0.2, 0.25) is 0 Å². The van der Waals surface area contributed by atoms with Crippen LogP contribution in [0.5, 0.6) is 0 Å². The Morgan fingerprint density at radius 1 is 0.223 bits per heavy atom. The average Bonchev–Trinajstić information content (AvgIpc) is 0.707. The second-order valence-corrected chi connectivity index (χ2v) is 31.5. The Bertz CT molecular complexity index is 6810. The minimum Gasteiger partial charge on any atom is -0.311 e. The predicted molar refractivity (Wildman–Crippen MR) is 481 cm³/mol. The molecule has 19 aromatic rings. The molecule has 0 bridgehead atoms. The molecule has 6 heterocycles. The van der Waals surface area contributed by atoms with Crippen molar-refractivity contribution < 1.29 is 0 Å². The van der Waals surface area contributed by atoms with Gasteiger partial charge in [-0.3, -0.25) is 0 Å². The molecule has 0 atom stereocenters. The summed E-state index contributed by atoms with van der Waals surface area (Å²) in [5, 5.41) is 5.00. The molecule has 6 nitrogen and oxygen atoms in total. The van der Waals surface area contributed by atoms with Gasteiger partial charge in [-0.05, 0) is 177 Å². The smallest absolute Gasteiger partial charge is 0.252 e. The topological polar surface area (TPSA) is 19.4 Å². The highest BCUT2D eigenvalue weighted by atomic mass is 32.1. The fourth-order valence-electron chi connectivity index (χ4n) is 18.8. The van der Waals surface area contributed by atoms with Crippen LogP contribution < -0.4 is 62.2 Å². The van der Waals surface area contributed by atoms with Gasteiger partial charge >= 0.3 is 0 Å². The van der Waals surface area contributed by atoms with E-state index >= 15 is 0 Å². The van der Waals surface area contributed by atoms with Gasteiger partial charge in [-0.15, -0.1) is 22.7 Å². The van der Waals surface area contributed by atoms with Crippen molar-refractivity contribution in [1.29, 1.82) is 0 Å². The van der Waals surface area contributed by atoms with E-state index in [1.165, 1.54) is 73.1 Å². The van der Waals surface area contributed by atoms with E-state index in [-0.39, 0.29) is 13.4 Å². The van der Waals surface area contributed by atoms with Gasteiger partial charge in [0.2, 0.25) is 0 Å². The first-order chi connectivity index (χ1) is 55.6. The molecular weight excluding hydrogens is 1390 g/mol. The summed E-state index contributed by atoms with van der Waals surface area (Å²) in [6.07, 6.45) is 0. The van der Waals surface area contributed by atoms with Crippen LogP contribution in [0.15, 0.2) is 400 Å². The number of benzene rings is 17. The summed E-state index contributed by atoms with van der Waals surface area (Å²) >= 11 is 3.75. The molecule has 0 saturated carbocycles. The molecule has 4 aliphatic rings. The summed E-state index contributed by atoms with van der Waals surface area (Å²) in [4.78, 5) is 15.5. The van der Waals surface area contributed by atoms with Crippen molar-refractivity contribution in [1.82, 2.24) is 0 Å². The third-order valence-corrected chi connectivity index (χ3v) is 25.6. The van der Waals surface area contributed by atoms with Crippen LogP contribution in [0.4, 0.5) is 102 Å². The molecule has 0 aliphatic carbocycles. The van der Waals surface area contributed by atoms with Crippen molar-refractivity contribution in [2.45, 2.75) is 0 Å². The monoisotopic (exact) mass is 1460 g/mol. The molecule has 0 radical (unpaired) electrons. The van der Waals surface area contributed by atoms with Crippen molar-refractivity contribution in [3.05, 3.63) is 400 Å². The molecular formula is C102H66B2N6S2. The maximum Gasteiger partial charge on any atom is 0.252 e. The Hall–Kier alpha value is -13.9. The molecule has 0 saturated heterocycles. The molecule has 2 aromatic heterocycles. The first kappa shape index (κ1) is 64.1. The van der Waals surface area contributed by atoms with Gasteiger partial charge in [-0.25, -0.2) is 0 Å². The highest BCUT2D eigenvalue weighted by molar-refractivity contribution is 7.26. The van der Waals surface area contributed by atoms with Crippen molar-refractivity contribution in [3.63, 3.8) is 0 Å². The Morgan fingerprint density at radius 3 is 1.13 bits per heavy atom. The minimum absolute atomic E-state index is 0.256. The lowest BCUT2D eigenvalue weighted by atomic mass is 9.30. The van der Waals surface area contributed by atoms with Gasteiger partial charge in [0.1, 0.15) is 0 Å². The molecule has 112 heavy (non-hydrogen) atoms. The van der Waals surface area contributed by atoms with E-state index in [2.05, 4.69) is 430 Å². The van der Waals surface area contributed by atoms with E-state index in [1.807, 2.05) is 22.7 Å². The van der Waals surface area contributed by atoms with Crippen LogP contribution in [0, 0.1) is 0 Å². The molecule has 0 spiro atoms. The zero-order valence-electron chi connectivity index (χ0n) is 60.8. The van der Waals surface area contributed by atoms with Crippen molar-refractivity contribution in [2.75, 3.05) is 29.4 Å². The molecule has 23 rings (SSSR count). The Kier molecular flexibility index (Phi) is 14.8. The van der Waals surface area contributed by atoms with Crippen LogP contribution in [0.25, 0.3) is 62.6 Å². The first-order valence-electron chi connectivity index (χ1n) is 38.5. The van der Waals surface area contributed by atoms with Crippen molar-refractivity contribution >= 4 is 212 Å². The van der Waals surface area contributed by atoms with E-state index in [1.54, 1.807) is 0 Å². The molecule has 0 fully saturated rings. The number of thiophene rings is 2. The van der Waals surface area contributed by atoms with Crippen LogP contribution in [-0.4, -0.2) is 13.4 Å². The zero-order valence-corrected chi connectivity index (χ0v) is 62.4. The number of nitrogens with zero attached hydrogens (tertiary/aromatic N) is 6. The van der Waals surface area contributed by atoms with E-state index in [9.17, 15) is 0 Å². The lowest BCUT2D eigenvalue weighted by molar-refractivity contribution is 1.22. The lowest BCUT2D eigenvalue weighted by Crippen LogP contribution is -2.65. The van der Waals surface area contributed by atoms with E-state index in [4.69, 9.17) is 0 Å². The summed E-state index contributed by atoms with van der Waals surface area (Å²) in [6, 6.07) is 150. The third-order valence-electron chi connectivity index (χ3n) is 23.3. The summed E-state index contributed by atoms with van der Waals surface area (Å²) in [5.74, 6) is 0. The number of fused-ring (bicyclic) bond motifs is 14. The SMILES string of the molecule is c1ccc(-c2cccc(-c3ccccc3)c2N2c3cc4c(cc3B3c5ccccc5N(c5cccc6sc7ccccc7c56)c5cc(N(c6ccccc6)c6ccccc6)cc2c53)B2c3ccccc3N(c3cccc5c3sc3ccccc35)c3cc(N(c5ccccc5)c5ccccc5)cc(c32)N4c2ccccc2)cc1. The normalized spacial score (nSPS) is 12.9. The Morgan fingerprint density at radius 2 is 0.598 bits per heavy atom. The summed E-state index contributed by atoms with van der Waals surface area (Å²) < 4.78 is 5.02. The van der Waals surface area contributed by atoms with Gasteiger partial charge in [0.05, 0.1) is 33.1 Å². The molecule has 0 N–H and O–H groups in total. The fourth-order valence-corrected chi connectivity index (χ4v) is 21.1. The van der Waals surface area contributed by atoms with Crippen LogP contribution in [0.3, 0.4) is 0 Å². The maximum atomic E-state index is 2.72. The lowest BCUT2D eigenvalue weighted by Gasteiger charge is -2.48. The number of hydrogen-bond acceptors (Lipinski definition) is 8. The number of anilines is 18. The third kappa shape index (κ3) is 9.92. The number of para-hydroxylation sites is 8. The van der Waals surface area contributed by atoms with Crippen LogP contribution >= 0.6 is 22.7 Å². The summed E-state index contributed by atoms with van der Waals surface area (Å²) in [5.41, 5.74) is 31.5. The van der Waals surface area contributed by atoms with Crippen LogP contribution in [-0.2, 0) is 0 Å². The van der Waals surface area contributed by atoms with Gasteiger partial charge in [0.15, 0.2) is 0 Å². The molecule has 0 unspecified atom stereocenters. The molecule has 10 heteroatoms. The predicted octanol–water partition coefficient (Wildman–Crippen LogP) is 24.9. The van der Waals surface area contributed by atoms with E-state index < -0.39 is 0 Å². The van der Waals surface area contributed by atoms with Gasteiger partial charge < -0.3 is 29.4 Å². The van der Waals surface area contributed by atoms with E-state index in [0.29, 0.717) is 0 Å². The van der Waals surface area contributed by atoms with Gasteiger partial charge in [0, 0.05) is 121 Å². The highest BCUT2D eigenvalue weighted by Gasteiger charge is 2.50. The molecule has 0 amide bonds. The Balaban J connectivity index is 0.883.